The molecule has 1 aromatic carbocycles. The van der Waals surface area contributed by atoms with Gasteiger partial charge in [0.2, 0.25) is 0 Å². The van der Waals surface area contributed by atoms with Gasteiger partial charge in [0, 0.05) is 17.5 Å². The zero-order valence-electron chi connectivity index (χ0n) is 17.7. The maximum absolute atomic E-state index is 13.4. The number of rotatable bonds is 2. The summed E-state index contributed by atoms with van der Waals surface area (Å²) >= 11 is 0. The van der Waals surface area contributed by atoms with Crippen LogP contribution in [0.2, 0.25) is 0 Å². The summed E-state index contributed by atoms with van der Waals surface area (Å²) in [4.78, 5) is 23.7. The summed E-state index contributed by atoms with van der Waals surface area (Å²) in [6.07, 6.45) is -3.10. The number of anilines is 1. The van der Waals surface area contributed by atoms with Gasteiger partial charge in [0.05, 0.1) is 49.2 Å². The average Bonchev–Trinajstić information content (AvgIpc) is 3.20. The van der Waals surface area contributed by atoms with E-state index in [4.69, 9.17) is 15.2 Å². The van der Waals surface area contributed by atoms with E-state index in [1.54, 1.807) is 11.0 Å². The highest BCUT2D eigenvalue weighted by atomic mass is 19.4. The standard InChI is InChI=1S/C23H21F3N4O3/c1-12-20-16(10-33-12)15-8-17(28-9-18(15)29-21(20)27)22(31)30-6-7-32-11-19(30)13-2-4-14(5-3-13)23(24,25)26/h2-5,8-9,12,19H,6-7,10-11H2,1H3,(H2,27,29)/t12?,19-/m1/s1. The molecule has 1 unspecified atom stereocenters. The van der Waals surface area contributed by atoms with Crippen LogP contribution in [-0.4, -0.2) is 40.5 Å². The Balaban J connectivity index is 1.49. The number of carbonyl (C=O) groups excluding carboxylic acids is 1. The predicted octanol–water partition coefficient (Wildman–Crippen LogP) is 4.04. The predicted molar refractivity (Wildman–Crippen MR) is 113 cm³/mol. The Morgan fingerprint density at radius 2 is 2.00 bits per heavy atom. The highest BCUT2D eigenvalue weighted by Crippen LogP contribution is 2.38. The number of nitrogens with zero attached hydrogens (tertiary/aromatic N) is 3. The van der Waals surface area contributed by atoms with Gasteiger partial charge in [-0.15, -0.1) is 0 Å². The van der Waals surface area contributed by atoms with E-state index in [-0.39, 0.29) is 24.3 Å². The lowest BCUT2D eigenvalue weighted by atomic mass is 10.0. The van der Waals surface area contributed by atoms with Crippen LogP contribution in [0.4, 0.5) is 19.0 Å². The van der Waals surface area contributed by atoms with Gasteiger partial charge in [0.25, 0.3) is 5.91 Å². The molecule has 0 saturated carbocycles. The third-order valence-electron chi connectivity index (χ3n) is 6.17. The van der Waals surface area contributed by atoms with Crippen LogP contribution in [0.3, 0.4) is 0 Å². The number of hydrogen-bond acceptors (Lipinski definition) is 6. The molecule has 10 heteroatoms. The summed E-state index contributed by atoms with van der Waals surface area (Å²) in [6.45, 7) is 3.07. The summed E-state index contributed by atoms with van der Waals surface area (Å²) < 4.78 is 50.1. The van der Waals surface area contributed by atoms with E-state index in [2.05, 4.69) is 9.97 Å². The van der Waals surface area contributed by atoms with Crippen LogP contribution in [0.25, 0.3) is 10.9 Å². The molecule has 0 aliphatic carbocycles. The number of nitrogen functional groups attached to an aromatic ring is 1. The first kappa shape index (κ1) is 21.6. The number of morpholine rings is 1. The van der Waals surface area contributed by atoms with Gasteiger partial charge < -0.3 is 20.1 Å². The average molecular weight is 458 g/mol. The van der Waals surface area contributed by atoms with Crippen LogP contribution in [0.5, 0.6) is 0 Å². The van der Waals surface area contributed by atoms with E-state index in [0.29, 0.717) is 36.7 Å². The van der Waals surface area contributed by atoms with E-state index >= 15 is 0 Å². The van der Waals surface area contributed by atoms with Crippen molar-refractivity contribution >= 4 is 22.6 Å². The first-order valence-electron chi connectivity index (χ1n) is 10.5. The Kier molecular flexibility index (Phi) is 5.21. The maximum atomic E-state index is 13.4. The number of ether oxygens (including phenoxy) is 2. The number of fused-ring (bicyclic) bond motifs is 3. The van der Waals surface area contributed by atoms with Gasteiger partial charge in [0.1, 0.15) is 11.5 Å². The molecule has 172 valence electrons. The fraction of sp³-hybridized carbons (Fsp3) is 0.348. The van der Waals surface area contributed by atoms with Crippen molar-refractivity contribution in [3.05, 3.63) is 64.5 Å². The Morgan fingerprint density at radius 1 is 1.24 bits per heavy atom. The molecule has 5 rings (SSSR count). The molecule has 2 aromatic heterocycles. The highest BCUT2D eigenvalue weighted by molar-refractivity contribution is 5.97. The van der Waals surface area contributed by atoms with Crippen LogP contribution in [0.1, 0.15) is 51.8 Å². The van der Waals surface area contributed by atoms with E-state index in [0.717, 1.165) is 28.6 Å². The minimum absolute atomic E-state index is 0.184. The summed E-state index contributed by atoms with van der Waals surface area (Å²) in [5.74, 6) is 0.0570. The fourth-order valence-corrected chi connectivity index (χ4v) is 4.45. The number of pyridine rings is 2. The Hall–Kier alpha value is -3.24. The van der Waals surface area contributed by atoms with E-state index in [9.17, 15) is 18.0 Å². The summed E-state index contributed by atoms with van der Waals surface area (Å²) in [6, 6.07) is 5.96. The molecule has 1 saturated heterocycles. The van der Waals surface area contributed by atoms with Crippen molar-refractivity contribution in [3.8, 4) is 0 Å². The molecule has 2 aliphatic heterocycles. The molecule has 3 aromatic rings. The third kappa shape index (κ3) is 3.79. The molecule has 1 amide bonds. The SMILES string of the molecule is CC1OCc2c1c(N)nc1cnc(C(=O)N3CCOC[C@@H]3c3ccc(C(F)(F)F)cc3)cc21. The second-order valence-electron chi connectivity index (χ2n) is 8.14. The molecule has 1 fully saturated rings. The number of carbonyl (C=O) groups is 1. The van der Waals surface area contributed by atoms with Gasteiger partial charge in [0.15, 0.2) is 0 Å². The minimum Gasteiger partial charge on any atom is -0.383 e. The zero-order valence-corrected chi connectivity index (χ0v) is 17.7. The monoisotopic (exact) mass is 458 g/mol. The Labute approximate surface area is 187 Å². The number of nitrogens with two attached hydrogens (primary N) is 1. The van der Waals surface area contributed by atoms with Crippen molar-refractivity contribution in [1.29, 1.82) is 0 Å². The van der Waals surface area contributed by atoms with Gasteiger partial charge in [-0.05, 0) is 36.2 Å². The molecule has 2 aliphatic rings. The Bertz CT molecular complexity index is 1230. The third-order valence-corrected chi connectivity index (χ3v) is 6.17. The van der Waals surface area contributed by atoms with E-state index in [1.807, 2.05) is 6.92 Å². The molecule has 33 heavy (non-hydrogen) atoms. The van der Waals surface area contributed by atoms with Gasteiger partial charge >= 0.3 is 6.18 Å². The van der Waals surface area contributed by atoms with Crippen LogP contribution >= 0.6 is 0 Å². The molecular weight excluding hydrogens is 437 g/mol. The Morgan fingerprint density at radius 3 is 2.73 bits per heavy atom. The summed E-state index contributed by atoms with van der Waals surface area (Å²) in [5.41, 5.74) is 8.41. The largest absolute Gasteiger partial charge is 0.416 e. The normalized spacial score (nSPS) is 20.8. The maximum Gasteiger partial charge on any atom is 0.416 e. The van der Waals surface area contributed by atoms with E-state index < -0.39 is 17.8 Å². The lowest BCUT2D eigenvalue weighted by Gasteiger charge is -2.35. The molecule has 2 N–H and O–H groups in total. The van der Waals surface area contributed by atoms with Gasteiger partial charge in [-0.1, -0.05) is 12.1 Å². The molecular formula is C23H21F3N4O3. The van der Waals surface area contributed by atoms with Crippen molar-refractivity contribution in [2.24, 2.45) is 0 Å². The fourth-order valence-electron chi connectivity index (χ4n) is 4.45. The van der Waals surface area contributed by atoms with Crippen LogP contribution in [0.15, 0.2) is 36.5 Å². The van der Waals surface area contributed by atoms with Crippen molar-refractivity contribution < 1.29 is 27.4 Å². The van der Waals surface area contributed by atoms with Crippen LogP contribution < -0.4 is 5.73 Å². The second kappa shape index (κ2) is 7.96. The smallest absolute Gasteiger partial charge is 0.383 e. The number of amides is 1. The first-order valence-corrected chi connectivity index (χ1v) is 10.5. The summed E-state index contributed by atoms with van der Waals surface area (Å²) in [5, 5.41) is 0.751. The molecule has 4 heterocycles. The van der Waals surface area contributed by atoms with Crippen molar-refractivity contribution in [2.75, 3.05) is 25.5 Å². The minimum atomic E-state index is -4.43. The molecule has 2 atom stereocenters. The quantitative estimate of drug-likeness (QED) is 0.624. The molecule has 0 bridgehead atoms. The van der Waals surface area contributed by atoms with E-state index in [1.165, 1.54) is 18.3 Å². The zero-order chi connectivity index (χ0) is 23.3. The number of alkyl halides is 3. The molecule has 0 spiro atoms. The number of benzene rings is 1. The van der Waals surface area contributed by atoms with Crippen molar-refractivity contribution in [3.63, 3.8) is 0 Å². The molecule has 0 radical (unpaired) electrons. The highest BCUT2D eigenvalue weighted by Gasteiger charge is 2.33. The van der Waals surface area contributed by atoms with Crippen LogP contribution in [-0.2, 0) is 22.3 Å². The number of hydrogen-bond donors (Lipinski definition) is 1. The van der Waals surface area contributed by atoms with Crippen molar-refractivity contribution in [2.45, 2.75) is 31.9 Å². The lowest BCUT2D eigenvalue weighted by Crippen LogP contribution is -2.43. The lowest BCUT2D eigenvalue weighted by molar-refractivity contribution is -0.137. The number of aromatic nitrogens is 2. The van der Waals surface area contributed by atoms with Crippen molar-refractivity contribution in [1.82, 2.24) is 14.9 Å². The second-order valence-corrected chi connectivity index (χ2v) is 8.14. The van der Waals surface area contributed by atoms with Gasteiger partial charge in [-0.2, -0.15) is 13.2 Å². The van der Waals surface area contributed by atoms with Gasteiger partial charge in [-0.25, -0.2) is 9.97 Å². The summed E-state index contributed by atoms with van der Waals surface area (Å²) in [7, 11) is 0. The number of halogens is 3. The first-order chi connectivity index (χ1) is 15.7. The van der Waals surface area contributed by atoms with Gasteiger partial charge in [-0.3, -0.25) is 4.79 Å². The van der Waals surface area contributed by atoms with Crippen LogP contribution in [0, 0.1) is 0 Å². The topological polar surface area (TPSA) is 90.6 Å². The molecule has 7 nitrogen and oxygen atoms in total.